The van der Waals surface area contributed by atoms with E-state index in [0.29, 0.717) is 11.2 Å². The molecule has 0 bridgehead atoms. The summed E-state index contributed by atoms with van der Waals surface area (Å²) in [7, 11) is 3.01. The number of nitrogens with one attached hydrogen (secondary N) is 1. The number of aryl methyl sites for hydroxylation is 1. The van der Waals surface area contributed by atoms with Crippen molar-refractivity contribution in [3.63, 3.8) is 0 Å². The van der Waals surface area contributed by atoms with Gasteiger partial charge in [-0.15, -0.1) is 0 Å². The second-order valence-corrected chi connectivity index (χ2v) is 3.30. The molecular weight excluding hydrogens is 274 g/mol. The molecule has 2 aromatic heterocycles. The minimum absolute atomic E-state index is 0. The molecule has 0 saturated carbocycles. The van der Waals surface area contributed by atoms with Crippen LogP contribution in [0.1, 0.15) is 6.92 Å². The van der Waals surface area contributed by atoms with E-state index < -0.39 is 5.97 Å². The molecule has 0 unspecified atom stereocenters. The minimum Gasteiger partial charge on any atom is -0.550 e. The molecule has 0 atom stereocenters. The van der Waals surface area contributed by atoms with Crippen LogP contribution in [0.2, 0.25) is 0 Å². The van der Waals surface area contributed by atoms with Gasteiger partial charge in [-0.2, -0.15) is 0 Å². The van der Waals surface area contributed by atoms with Crippen LogP contribution in [-0.2, 0) is 18.9 Å². The number of rotatable bonds is 0. The van der Waals surface area contributed by atoms with Crippen molar-refractivity contribution in [2.45, 2.75) is 6.92 Å². The molecule has 0 saturated heterocycles. The zero-order valence-electron chi connectivity index (χ0n) is 11.6. The topological polar surface area (TPSA) is 113 Å². The Hall–Kier alpha value is -0.380. The van der Waals surface area contributed by atoms with E-state index in [-0.39, 0.29) is 70.4 Å². The summed E-state index contributed by atoms with van der Waals surface area (Å²) in [5, 5.41) is 8.89. The fourth-order valence-corrected chi connectivity index (χ4v) is 1.27. The van der Waals surface area contributed by atoms with Gasteiger partial charge in [-0.25, -0.2) is 9.78 Å². The van der Waals surface area contributed by atoms with E-state index in [1.54, 1.807) is 7.05 Å². The predicted octanol–water partition coefficient (Wildman–Crippen LogP) is -8.28. The van der Waals surface area contributed by atoms with E-state index >= 15 is 0 Å². The molecule has 0 spiro atoms. The molecule has 8 nitrogen and oxygen atoms in total. The monoisotopic (exact) mass is 285 g/mol. The standard InChI is InChI=1S/C7H8N4O2.C2H4O2.2Na/c1-10-5-4(8-3-9-5)6(12)11(2)7(10)13;1-2(3)4;;/h3H,1-2H3,(H,8,9);1H3,(H,3,4);;/q;;2*+1/p-1. The van der Waals surface area contributed by atoms with Crippen LogP contribution in [0.5, 0.6) is 0 Å². The molecule has 0 aliphatic carbocycles. The number of aromatic amines is 1. The number of aliphatic carboxylic acids is 1. The van der Waals surface area contributed by atoms with Crippen molar-refractivity contribution in [2.24, 2.45) is 14.1 Å². The van der Waals surface area contributed by atoms with E-state index in [2.05, 4.69) is 9.97 Å². The number of carboxylic acid groups (broad SMARTS) is 1. The van der Waals surface area contributed by atoms with E-state index in [0.717, 1.165) is 11.5 Å². The third-order valence-electron chi connectivity index (χ3n) is 2.03. The molecule has 92 valence electrons. The molecule has 2 heterocycles. The van der Waals surface area contributed by atoms with Gasteiger partial charge in [0, 0.05) is 20.1 Å². The Morgan fingerprint density at radius 3 is 2.21 bits per heavy atom. The Labute approximate surface area is 152 Å². The number of H-pyrrole nitrogens is 1. The Bertz CT molecular complexity index is 669. The van der Waals surface area contributed by atoms with Crippen molar-refractivity contribution in [3.05, 3.63) is 27.2 Å². The summed E-state index contributed by atoms with van der Waals surface area (Å²) >= 11 is 0. The summed E-state index contributed by atoms with van der Waals surface area (Å²) in [6.45, 7) is 0.972. The van der Waals surface area contributed by atoms with Gasteiger partial charge in [0.05, 0.1) is 6.33 Å². The second-order valence-electron chi connectivity index (χ2n) is 3.30. The molecule has 0 radical (unpaired) electrons. The zero-order valence-corrected chi connectivity index (χ0v) is 15.6. The average molecular weight is 285 g/mol. The Balaban J connectivity index is 0. The number of fused-ring (bicyclic) bond motifs is 1. The van der Waals surface area contributed by atoms with Crippen LogP contribution in [0.4, 0.5) is 0 Å². The first-order valence-electron chi connectivity index (χ1n) is 4.63. The van der Waals surface area contributed by atoms with Crippen molar-refractivity contribution in [3.8, 4) is 0 Å². The first kappa shape index (κ1) is 20.9. The van der Waals surface area contributed by atoms with Gasteiger partial charge in [0.15, 0.2) is 5.65 Å². The third kappa shape index (κ3) is 4.90. The number of nitrogens with zero attached hydrogens (tertiary/aromatic N) is 3. The van der Waals surface area contributed by atoms with Crippen LogP contribution in [-0.4, -0.2) is 25.1 Å². The van der Waals surface area contributed by atoms with Crippen molar-refractivity contribution < 1.29 is 69.0 Å². The van der Waals surface area contributed by atoms with Crippen LogP contribution >= 0.6 is 0 Å². The minimum atomic E-state index is -1.08. The van der Waals surface area contributed by atoms with E-state index in [9.17, 15) is 9.59 Å². The van der Waals surface area contributed by atoms with Gasteiger partial charge < -0.3 is 14.9 Å². The van der Waals surface area contributed by atoms with E-state index in [4.69, 9.17) is 9.90 Å². The summed E-state index contributed by atoms with van der Waals surface area (Å²) in [6, 6.07) is 0. The fraction of sp³-hybridized carbons (Fsp3) is 0.333. The van der Waals surface area contributed by atoms with Gasteiger partial charge in [-0.3, -0.25) is 13.9 Å². The van der Waals surface area contributed by atoms with Gasteiger partial charge in [-0.1, -0.05) is 0 Å². The molecule has 2 aromatic rings. The number of carbonyl (C=O) groups excluding carboxylic acids is 1. The van der Waals surface area contributed by atoms with Crippen molar-refractivity contribution in [1.82, 2.24) is 19.1 Å². The zero-order chi connectivity index (χ0) is 13.2. The van der Waals surface area contributed by atoms with Gasteiger partial charge in [0.1, 0.15) is 5.52 Å². The number of aromatic nitrogens is 4. The van der Waals surface area contributed by atoms with Gasteiger partial charge in [0.2, 0.25) is 0 Å². The number of imidazole rings is 1. The molecule has 0 fully saturated rings. The summed E-state index contributed by atoms with van der Waals surface area (Å²) in [4.78, 5) is 38.3. The second kappa shape index (κ2) is 8.72. The summed E-state index contributed by atoms with van der Waals surface area (Å²) in [5.41, 5.74) is 0.0119. The first-order chi connectivity index (χ1) is 7.86. The molecule has 1 N–H and O–H groups in total. The van der Waals surface area contributed by atoms with Gasteiger partial charge >= 0.3 is 64.8 Å². The van der Waals surface area contributed by atoms with Crippen LogP contribution in [0.25, 0.3) is 11.2 Å². The number of carbonyl (C=O) groups is 1. The molecule has 2 rings (SSSR count). The number of carboxylic acids is 1. The average Bonchev–Trinajstić information content (AvgIpc) is 2.71. The maximum Gasteiger partial charge on any atom is 1.00 e. The van der Waals surface area contributed by atoms with Crippen LogP contribution in [0, 0.1) is 0 Å². The first-order valence-corrected chi connectivity index (χ1v) is 4.63. The van der Waals surface area contributed by atoms with E-state index in [1.165, 1.54) is 17.9 Å². The summed E-state index contributed by atoms with van der Waals surface area (Å²) < 4.78 is 2.37. The fourth-order valence-electron chi connectivity index (χ4n) is 1.27. The number of hydrogen-bond acceptors (Lipinski definition) is 5. The van der Waals surface area contributed by atoms with Gasteiger partial charge in [0.25, 0.3) is 5.56 Å². The predicted molar refractivity (Wildman–Crippen MR) is 57.3 cm³/mol. The summed E-state index contributed by atoms with van der Waals surface area (Å²) in [6.07, 6.45) is 1.39. The van der Waals surface area contributed by atoms with E-state index in [1.807, 2.05) is 0 Å². The molecule has 19 heavy (non-hydrogen) atoms. The van der Waals surface area contributed by atoms with Crippen molar-refractivity contribution in [2.75, 3.05) is 0 Å². The van der Waals surface area contributed by atoms with Crippen LogP contribution in [0.3, 0.4) is 0 Å². The summed E-state index contributed by atoms with van der Waals surface area (Å²) in [5.74, 6) is -1.08. The Morgan fingerprint density at radius 1 is 1.26 bits per heavy atom. The van der Waals surface area contributed by atoms with Gasteiger partial charge in [-0.05, 0) is 6.92 Å². The molecular formula is C9H11N4Na2O4+. The third-order valence-corrected chi connectivity index (χ3v) is 2.03. The molecule has 10 heteroatoms. The van der Waals surface area contributed by atoms with Crippen LogP contribution in [0.15, 0.2) is 15.9 Å². The molecule has 0 aromatic carbocycles. The SMILES string of the molecule is CC(=O)[O-].Cn1c(=O)c2[nH]cnc2n(C)c1=O.[Na+].[Na+]. The van der Waals surface area contributed by atoms with Crippen molar-refractivity contribution >= 4 is 17.1 Å². The number of hydrogen-bond donors (Lipinski definition) is 1. The smallest absolute Gasteiger partial charge is 0.550 e. The quantitative estimate of drug-likeness (QED) is 0.483. The largest absolute Gasteiger partial charge is 1.00 e. The maximum atomic E-state index is 11.4. The van der Waals surface area contributed by atoms with Crippen LogP contribution < -0.4 is 75.5 Å². The normalized spacial score (nSPS) is 8.79. The maximum absolute atomic E-state index is 11.4. The van der Waals surface area contributed by atoms with Crippen molar-refractivity contribution in [1.29, 1.82) is 0 Å². The molecule has 0 aliphatic rings. The Kier molecular flexibility index (Phi) is 9.61. The Morgan fingerprint density at radius 2 is 1.74 bits per heavy atom. The molecule has 0 aliphatic heterocycles. The molecule has 0 amide bonds.